The minimum Gasteiger partial charge on any atom is -0.379 e. The van der Waals surface area contributed by atoms with Gasteiger partial charge in [0.15, 0.2) is 0 Å². The Kier molecular flexibility index (Phi) is 8.61. The number of amides is 5. The van der Waals surface area contributed by atoms with Gasteiger partial charge in [0.25, 0.3) is 21.9 Å². The Morgan fingerprint density at radius 2 is 1.90 bits per heavy atom. The summed E-state index contributed by atoms with van der Waals surface area (Å²) in [6, 6.07) is 8.04. The van der Waals surface area contributed by atoms with E-state index in [4.69, 9.17) is 4.74 Å². The highest BCUT2D eigenvalue weighted by atomic mass is 32.2. The maximum absolute atomic E-state index is 13.1. The second-order valence-corrected chi connectivity index (χ2v) is 10.7. The third kappa shape index (κ3) is 6.35. The molecular formula is C26H28N4O9S. The predicted molar refractivity (Wildman–Crippen MR) is 140 cm³/mol. The molecule has 0 aromatic heterocycles. The van der Waals surface area contributed by atoms with Gasteiger partial charge in [-0.15, -0.1) is 0 Å². The molecule has 2 aliphatic rings. The van der Waals surface area contributed by atoms with Crippen molar-refractivity contribution in [2.45, 2.75) is 37.1 Å². The van der Waals surface area contributed by atoms with Crippen molar-refractivity contribution in [1.82, 2.24) is 15.5 Å². The van der Waals surface area contributed by atoms with Gasteiger partial charge < -0.3 is 15.4 Å². The number of ether oxygens (including phenoxy) is 1. The molecule has 2 aromatic carbocycles. The number of carbonyl (C=O) groups excluding carboxylic acids is 5. The van der Waals surface area contributed by atoms with E-state index in [-0.39, 0.29) is 67.3 Å². The molecule has 0 spiro atoms. The van der Waals surface area contributed by atoms with Gasteiger partial charge in [-0.2, -0.15) is 8.42 Å². The second-order valence-electron chi connectivity index (χ2n) is 9.33. The van der Waals surface area contributed by atoms with Gasteiger partial charge in [-0.25, -0.2) is 0 Å². The molecule has 5 amide bonds. The summed E-state index contributed by atoms with van der Waals surface area (Å²) in [5.41, 5.74) is 1.66. The number of carbonyl (C=O) groups is 5. The van der Waals surface area contributed by atoms with Gasteiger partial charge in [-0.1, -0.05) is 23.8 Å². The van der Waals surface area contributed by atoms with E-state index in [0.29, 0.717) is 5.56 Å². The van der Waals surface area contributed by atoms with Crippen molar-refractivity contribution in [3.8, 4) is 0 Å². The van der Waals surface area contributed by atoms with Crippen LogP contribution in [-0.2, 0) is 35.7 Å². The van der Waals surface area contributed by atoms with Crippen LogP contribution in [0.2, 0.25) is 0 Å². The minimum atomic E-state index is -4.35. The van der Waals surface area contributed by atoms with E-state index in [0.717, 1.165) is 10.5 Å². The molecule has 14 heteroatoms. The van der Waals surface area contributed by atoms with E-state index in [9.17, 15) is 36.9 Å². The van der Waals surface area contributed by atoms with Crippen molar-refractivity contribution in [1.29, 1.82) is 0 Å². The molecule has 0 bridgehead atoms. The number of nitrogens with zero attached hydrogens (tertiary/aromatic N) is 1. The molecule has 0 radical (unpaired) electrons. The number of hydrogen-bond acceptors (Lipinski definition) is 9. The molecule has 0 aliphatic carbocycles. The monoisotopic (exact) mass is 572 g/mol. The summed E-state index contributed by atoms with van der Waals surface area (Å²) in [6.07, 6.45) is 0.292. The fraction of sp³-hybridized carbons (Fsp3) is 0.346. The van der Waals surface area contributed by atoms with Crippen molar-refractivity contribution < 1.29 is 41.7 Å². The van der Waals surface area contributed by atoms with Crippen LogP contribution >= 0.6 is 0 Å². The molecule has 2 aliphatic heterocycles. The lowest BCUT2D eigenvalue weighted by Gasteiger charge is -2.27. The Morgan fingerprint density at radius 3 is 2.62 bits per heavy atom. The number of anilines is 1. The fourth-order valence-electron chi connectivity index (χ4n) is 4.60. The highest BCUT2D eigenvalue weighted by Crippen LogP contribution is 2.32. The van der Waals surface area contributed by atoms with Crippen LogP contribution in [0.15, 0.2) is 41.3 Å². The van der Waals surface area contributed by atoms with Gasteiger partial charge in [-0.05, 0) is 43.5 Å². The maximum Gasteiger partial charge on any atom is 0.294 e. The lowest BCUT2D eigenvalue weighted by atomic mass is 10.0. The summed E-state index contributed by atoms with van der Waals surface area (Å²) in [5, 5.41) is 7.64. The summed E-state index contributed by atoms with van der Waals surface area (Å²) in [7, 11) is -4.35. The zero-order valence-electron chi connectivity index (χ0n) is 21.6. The molecule has 40 heavy (non-hydrogen) atoms. The van der Waals surface area contributed by atoms with Crippen molar-refractivity contribution >= 4 is 45.3 Å². The first-order valence-corrected chi connectivity index (χ1v) is 13.9. The SMILES string of the molecule is Cc1ccc(S(=O)(=O)O)c(CCOCCNC(=O)CNc2cccc3c2C(=O)N(C2CCC(=O)NC2=O)C3=O)c1. The summed E-state index contributed by atoms with van der Waals surface area (Å²) in [6.45, 7) is 2.06. The van der Waals surface area contributed by atoms with Crippen LogP contribution in [0.3, 0.4) is 0 Å². The van der Waals surface area contributed by atoms with Gasteiger partial charge >= 0.3 is 0 Å². The average molecular weight is 573 g/mol. The number of imide groups is 2. The molecule has 13 nitrogen and oxygen atoms in total. The topological polar surface area (TPSA) is 188 Å². The molecule has 2 heterocycles. The van der Waals surface area contributed by atoms with Crippen LogP contribution in [-0.4, -0.2) is 79.8 Å². The van der Waals surface area contributed by atoms with Crippen LogP contribution in [0.1, 0.15) is 44.7 Å². The van der Waals surface area contributed by atoms with Crippen molar-refractivity contribution in [3.05, 3.63) is 58.7 Å². The Hall–Kier alpha value is -4.14. The number of hydrogen-bond donors (Lipinski definition) is 4. The zero-order chi connectivity index (χ0) is 29.0. The van der Waals surface area contributed by atoms with Gasteiger partial charge in [-0.3, -0.25) is 38.7 Å². The number of rotatable bonds is 11. The molecule has 1 fully saturated rings. The fourth-order valence-corrected chi connectivity index (χ4v) is 5.33. The smallest absolute Gasteiger partial charge is 0.294 e. The highest BCUT2D eigenvalue weighted by molar-refractivity contribution is 7.85. The quantitative estimate of drug-likeness (QED) is 0.167. The Morgan fingerprint density at radius 1 is 1.12 bits per heavy atom. The van der Waals surface area contributed by atoms with Gasteiger partial charge in [0.1, 0.15) is 6.04 Å². The number of benzene rings is 2. The lowest BCUT2D eigenvalue weighted by molar-refractivity contribution is -0.136. The Bertz CT molecular complexity index is 1490. The number of nitrogens with one attached hydrogen (secondary N) is 3. The van der Waals surface area contributed by atoms with E-state index in [2.05, 4.69) is 16.0 Å². The number of aryl methyl sites for hydroxylation is 1. The van der Waals surface area contributed by atoms with E-state index in [1.165, 1.54) is 12.1 Å². The first kappa shape index (κ1) is 28.9. The first-order chi connectivity index (χ1) is 19.0. The third-order valence-corrected chi connectivity index (χ3v) is 7.44. The normalized spacial score (nSPS) is 17.1. The van der Waals surface area contributed by atoms with Gasteiger partial charge in [0, 0.05) is 18.7 Å². The first-order valence-electron chi connectivity index (χ1n) is 12.5. The van der Waals surface area contributed by atoms with Crippen molar-refractivity contribution in [2.75, 3.05) is 31.6 Å². The molecule has 212 valence electrons. The van der Waals surface area contributed by atoms with Crippen LogP contribution in [0.4, 0.5) is 5.69 Å². The molecule has 0 saturated carbocycles. The summed E-state index contributed by atoms with van der Waals surface area (Å²) >= 11 is 0. The molecule has 1 atom stereocenters. The molecule has 4 N–H and O–H groups in total. The highest BCUT2D eigenvalue weighted by Gasteiger charge is 2.45. The van der Waals surface area contributed by atoms with E-state index >= 15 is 0 Å². The summed E-state index contributed by atoms with van der Waals surface area (Å²) < 4.78 is 37.9. The lowest BCUT2D eigenvalue weighted by Crippen LogP contribution is -2.54. The molecular weight excluding hydrogens is 544 g/mol. The standard InChI is InChI=1S/C26H28N4O9S/c1-15-5-7-20(40(36,37)38)16(13-15)9-11-39-12-10-27-22(32)14-28-18-4-2-3-17-23(18)26(35)30(25(17)34)19-6-8-21(31)29-24(19)33/h2-5,7,13,19,28H,6,8-12,14H2,1H3,(H,27,32)(H,29,31,33)(H,36,37,38). The van der Waals surface area contributed by atoms with Crippen LogP contribution < -0.4 is 16.0 Å². The van der Waals surface area contributed by atoms with Crippen molar-refractivity contribution in [2.24, 2.45) is 0 Å². The van der Waals surface area contributed by atoms with Gasteiger partial charge in [0.2, 0.25) is 17.7 Å². The van der Waals surface area contributed by atoms with E-state index < -0.39 is 45.7 Å². The zero-order valence-corrected chi connectivity index (χ0v) is 22.4. The third-order valence-electron chi connectivity index (χ3n) is 6.49. The second kappa shape index (κ2) is 11.9. The summed E-state index contributed by atoms with van der Waals surface area (Å²) in [5.74, 6) is -2.91. The van der Waals surface area contributed by atoms with Crippen LogP contribution in [0.5, 0.6) is 0 Å². The average Bonchev–Trinajstić information content (AvgIpc) is 3.14. The predicted octanol–water partition coefficient (Wildman–Crippen LogP) is 0.430. The maximum atomic E-state index is 13.1. The minimum absolute atomic E-state index is 0.0103. The molecule has 1 saturated heterocycles. The molecule has 4 rings (SSSR count). The van der Waals surface area contributed by atoms with Crippen LogP contribution in [0.25, 0.3) is 0 Å². The summed E-state index contributed by atoms with van der Waals surface area (Å²) in [4.78, 5) is 62.7. The number of piperidine rings is 1. The van der Waals surface area contributed by atoms with E-state index in [1.54, 1.807) is 31.2 Å². The van der Waals surface area contributed by atoms with E-state index in [1.807, 2.05) is 0 Å². The molecule has 2 aromatic rings. The largest absolute Gasteiger partial charge is 0.379 e. The Balaban J connectivity index is 1.25. The van der Waals surface area contributed by atoms with Crippen LogP contribution in [0, 0.1) is 6.92 Å². The molecule has 1 unspecified atom stereocenters. The van der Waals surface area contributed by atoms with Gasteiger partial charge in [0.05, 0.1) is 35.8 Å². The number of fused-ring (bicyclic) bond motifs is 1. The Labute approximate surface area is 230 Å². The van der Waals surface area contributed by atoms with Crippen molar-refractivity contribution in [3.63, 3.8) is 0 Å².